The highest BCUT2D eigenvalue weighted by Gasteiger charge is 2.29. The van der Waals surface area contributed by atoms with Crippen LogP contribution < -0.4 is 4.90 Å². The summed E-state index contributed by atoms with van der Waals surface area (Å²) in [5, 5.41) is 0. The van der Waals surface area contributed by atoms with Crippen LogP contribution in [0.25, 0.3) is 5.52 Å². The van der Waals surface area contributed by atoms with Crippen molar-refractivity contribution >= 4 is 17.2 Å². The fraction of sp³-hybridized carbons (Fsp3) is 0.381. The largest absolute Gasteiger partial charge is 0.378 e. The van der Waals surface area contributed by atoms with Crippen LogP contribution in [0.4, 0.5) is 5.82 Å². The maximum Gasteiger partial charge on any atom is 0.254 e. The zero-order valence-electron chi connectivity index (χ0n) is 16.1. The van der Waals surface area contributed by atoms with Gasteiger partial charge in [-0.2, -0.15) is 0 Å². The van der Waals surface area contributed by atoms with E-state index >= 15 is 0 Å². The number of fused-ring (bicyclic) bond motifs is 1. The SMILES string of the molecule is O=C(c1ccncc1)N1CCOC(c2ncn3c(N4CCOCC4)cccc23)C1. The van der Waals surface area contributed by atoms with Gasteiger partial charge >= 0.3 is 0 Å². The summed E-state index contributed by atoms with van der Waals surface area (Å²) in [5.74, 6) is 1.10. The number of imidazole rings is 1. The molecule has 1 atom stereocenters. The Morgan fingerprint density at radius 3 is 2.69 bits per heavy atom. The Hall–Kier alpha value is -2.97. The monoisotopic (exact) mass is 393 g/mol. The van der Waals surface area contributed by atoms with E-state index in [2.05, 4.69) is 31.4 Å². The molecule has 2 aliphatic rings. The van der Waals surface area contributed by atoms with E-state index in [4.69, 9.17) is 9.47 Å². The number of pyridine rings is 2. The van der Waals surface area contributed by atoms with E-state index in [0.29, 0.717) is 25.3 Å². The van der Waals surface area contributed by atoms with Crippen molar-refractivity contribution in [1.29, 1.82) is 0 Å². The molecule has 150 valence electrons. The second kappa shape index (κ2) is 7.81. The number of ether oxygens (including phenoxy) is 2. The van der Waals surface area contributed by atoms with Gasteiger partial charge in [-0.15, -0.1) is 0 Å². The van der Waals surface area contributed by atoms with E-state index in [0.717, 1.165) is 43.3 Å². The molecule has 0 aliphatic carbocycles. The lowest BCUT2D eigenvalue weighted by atomic mass is 10.1. The second-order valence-corrected chi connectivity index (χ2v) is 7.21. The topological polar surface area (TPSA) is 72.2 Å². The summed E-state index contributed by atoms with van der Waals surface area (Å²) in [7, 11) is 0. The summed E-state index contributed by atoms with van der Waals surface area (Å²) >= 11 is 0. The van der Waals surface area contributed by atoms with Gasteiger partial charge in [0.05, 0.1) is 37.6 Å². The zero-order chi connectivity index (χ0) is 19.6. The van der Waals surface area contributed by atoms with Gasteiger partial charge in [0.1, 0.15) is 18.2 Å². The molecule has 0 bridgehead atoms. The summed E-state index contributed by atoms with van der Waals surface area (Å²) in [6, 6.07) is 9.69. The van der Waals surface area contributed by atoms with Crippen molar-refractivity contribution in [1.82, 2.24) is 19.3 Å². The summed E-state index contributed by atoms with van der Waals surface area (Å²) in [6.45, 7) is 4.73. The fourth-order valence-corrected chi connectivity index (χ4v) is 4.00. The molecule has 1 amide bonds. The third kappa shape index (κ3) is 3.45. The molecule has 2 saturated heterocycles. The smallest absolute Gasteiger partial charge is 0.254 e. The van der Waals surface area contributed by atoms with Crippen LogP contribution >= 0.6 is 0 Å². The molecule has 8 heteroatoms. The van der Waals surface area contributed by atoms with Gasteiger partial charge < -0.3 is 19.3 Å². The summed E-state index contributed by atoms with van der Waals surface area (Å²) in [5.41, 5.74) is 2.52. The Morgan fingerprint density at radius 2 is 1.86 bits per heavy atom. The molecule has 2 fully saturated rings. The molecule has 29 heavy (non-hydrogen) atoms. The number of aromatic nitrogens is 3. The first-order chi connectivity index (χ1) is 14.3. The van der Waals surface area contributed by atoms with E-state index in [9.17, 15) is 4.79 Å². The third-order valence-electron chi connectivity index (χ3n) is 5.50. The fourth-order valence-electron chi connectivity index (χ4n) is 4.00. The highest BCUT2D eigenvalue weighted by Crippen LogP contribution is 2.28. The molecule has 5 heterocycles. The molecule has 0 saturated carbocycles. The first-order valence-electron chi connectivity index (χ1n) is 9.91. The van der Waals surface area contributed by atoms with Crippen molar-refractivity contribution in [3.05, 3.63) is 60.3 Å². The van der Waals surface area contributed by atoms with Gasteiger partial charge in [-0.05, 0) is 24.3 Å². The van der Waals surface area contributed by atoms with Crippen molar-refractivity contribution in [3.8, 4) is 0 Å². The second-order valence-electron chi connectivity index (χ2n) is 7.21. The Kier molecular flexibility index (Phi) is 4.87. The molecular formula is C21H23N5O3. The maximum absolute atomic E-state index is 12.8. The highest BCUT2D eigenvalue weighted by molar-refractivity contribution is 5.94. The minimum absolute atomic E-state index is 0.00165. The van der Waals surface area contributed by atoms with Gasteiger partial charge in [0.25, 0.3) is 5.91 Å². The van der Waals surface area contributed by atoms with Crippen LogP contribution in [-0.2, 0) is 9.47 Å². The minimum Gasteiger partial charge on any atom is -0.378 e. The van der Waals surface area contributed by atoms with E-state index in [1.807, 2.05) is 17.3 Å². The van der Waals surface area contributed by atoms with Gasteiger partial charge in [0.15, 0.2) is 0 Å². The van der Waals surface area contributed by atoms with E-state index < -0.39 is 0 Å². The molecule has 3 aromatic heterocycles. The molecule has 0 N–H and O–H groups in total. The highest BCUT2D eigenvalue weighted by atomic mass is 16.5. The quantitative estimate of drug-likeness (QED) is 0.676. The Balaban J connectivity index is 1.41. The molecule has 2 aliphatic heterocycles. The number of hydrogen-bond acceptors (Lipinski definition) is 6. The zero-order valence-corrected chi connectivity index (χ0v) is 16.1. The standard InChI is InChI=1S/C21H23N5O3/c27-21(16-4-6-22-7-5-16)25-10-13-29-18(14-25)20-17-2-1-3-19(26(17)15-23-20)24-8-11-28-12-9-24/h1-7,15,18H,8-14H2. The number of amides is 1. The van der Waals surface area contributed by atoms with E-state index in [1.165, 1.54) is 0 Å². The van der Waals surface area contributed by atoms with Crippen LogP contribution in [0.15, 0.2) is 49.1 Å². The number of nitrogens with zero attached hydrogens (tertiary/aromatic N) is 5. The van der Waals surface area contributed by atoms with Crippen molar-refractivity contribution in [2.24, 2.45) is 0 Å². The molecule has 5 rings (SSSR count). The average molecular weight is 393 g/mol. The van der Waals surface area contributed by atoms with Crippen molar-refractivity contribution in [2.75, 3.05) is 50.9 Å². The van der Waals surface area contributed by atoms with Crippen LogP contribution in [0.1, 0.15) is 22.2 Å². The van der Waals surface area contributed by atoms with Gasteiger partial charge in [-0.3, -0.25) is 14.2 Å². The predicted octanol–water partition coefficient (Wildman–Crippen LogP) is 1.78. The van der Waals surface area contributed by atoms with Gasteiger partial charge in [0.2, 0.25) is 0 Å². The lowest BCUT2D eigenvalue weighted by molar-refractivity contribution is -0.0239. The van der Waals surface area contributed by atoms with Crippen LogP contribution in [-0.4, -0.2) is 71.2 Å². The van der Waals surface area contributed by atoms with E-state index in [-0.39, 0.29) is 12.0 Å². The van der Waals surface area contributed by atoms with Gasteiger partial charge in [0, 0.05) is 37.6 Å². The van der Waals surface area contributed by atoms with Crippen molar-refractivity contribution in [3.63, 3.8) is 0 Å². The van der Waals surface area contributed by atoms with Crippen LogP contribution in [0.5, 0.6) is 0 Å². The normalized spacial score (nSPS) is 20.2. The maximum atomic E-state index is 12.8. The molecule has 3 aromatic rings. The Labute approximate surface area is 168 Å². The minimum atomic E-state index is -0.250. The molecule has 0 spiro atoms. The summed E-state index contributed by atoms with van der Waals surface area (Å²) < 4.78 is 13.6. The number of morpholine rings is 2. The molecule has 1 unspecified atom stereocenters. The molecule has 8 nitrogen and oxygen atoms in total. The average Bonchev–Trinajstić information content (AvgIpc) is 3.24. The first-order valence-corrected chi connectivity index (χ1v) is 9.91. The van der Waals surface area contributed by atoms with Gasteiger partial charge in [-0.25, -0.2) is 4.98 Å². The van der Waals surface area contributed by atoms with Crippen LogP contribution in [0.2, 0.25) is 0 Å². The lowest BCUT2D eigenvalue weighted by Gasteiger charge is -2.32. The summed E-state index contributed by atoms with van der Waals surface area (Å²) in [4.78, 5) is 25.6. The van der Waals surface area contributed by atoms with Crippen LogP contribution in [0.3, 0.4) is 0 Å². The first kappa shape index (κ1) is 18.1. The number of rotatable bonds is 3. The molecular weight excluding hydrogens is 370 g/mol. The van der Waals surface area contributed by atoms with Crippen LogP contribution in [0, 0.1) is 0 Å². The van der Waals surface area contributed by atoms with Crippen molar-refractivity contribution in [2.45, 2.75) is 6.10 Å². The lowest BCUT2D eigenvalue weighted by Crippen LogP contribution is -2.42. The third-order valence-corrected chi connectivity index (χ3v) is 5.50. The Bertz CT molecular complexity index is 1000. The Morgan fingerprint density at radius 1 is 1.03 bits per heavy atom. The number of carbonyl (C=O) groups excluding carboxylic acids is 1. The van der Waals surface area contributed by atoms with E-state index in [1.54, 1.807) is 24.5 Å². The molecule has 0 aromatic carbocycles. The predicted molar refractivity (Wildman–Crippen MR) is 107 cm³/mol. The van der Waals surface area contributed by atoms with Gasteiger partial charge in [-0.1, -0.05) is 6.07 Å². The van der Waals surface area contributed by atoms with Crippen molar-refractivity contribution < 1.29 is 14.3 Å². The number of hydrogen-bond donors (Lipinski definition) is 0. The molecule has 0 radical (unpaired) electrons. The summed E-state index contributed by atoms with van der Waals surface area (Å²) in [6.07, 6.45) is 4.88. The number of anilines is 1. The number of carbonyl (C=O) groups is 1.